The second-order valence-electron chi connectivity index (χ2n) is 9.41. The summed E-state index contributed by atoms with van der Waals surface area (Å²) >= 11 is 1.52. The number of hydrogen-bond donors (Lipinski definition) is 1. The van der Waals surface area contributed by atoms with E-state index < -0.39 is 5.91 Å². The van der Waals surface area contributed by atoms with Gasteiger partial charge in [-0.2, -0.15) is 0 Å². The van der Waals surface area contributed by atoms with Gasteiger partial charge in [-0.05, 0) is 54.8 Å². The number of amides is 1. The van der Waals surface area contributed by atoms with E-state index in [0.29, 0.717) is 5.56 Å². The van der Waals surface area contributed by atoms with Gasteiger partial charge in [-0.1, -0.05) is 42.7 Å². The molecule has 1 aliphatic carbocycles. The lowest BCUT2D eigenvalue weighted by Gasteiger charge is -2.41. The van der Waals surface area contributed by atoms with E-state index in [1.54, 1.807) is 19.2 Å². The maximum absolute atomic E-state index is 11.4. The lowest BCUT2D eigenvalue weighted by Crippen LogP contribution is -2.50. The Hall–Kier alpha value is -2.81. The number of carbonyl (C=O) groups is 1. The first-order chi connectivity index (χ1) is 17.1. The van der Waals surface area contributed by atoms with Gasteiger partial charge in [0.1, 0.15) is 11.1 Å². The van der Waals surface area contributed by atoms with E-state index in [2.05, 4.69) is 44.3 Å². The van der Waals surface area contributed by atoms with Crippen molar-refractivity contribution in [3.63, 3.8) is 0 Å². The molecule has 1 amide bonds. The molecule has 7 nitrogen and oxygen atoms in total. The zero-order valence-corrected chi connectivity index (χ0v) is 21.0. The summed E-state index contributed by atoms with van der Waals surface area (Å²) in [6, 6.07) is 16.6. The second-order valence-corrected chi connectivity index (χ2v) is 10.4. The van der Waals surface area contributed by atoms with Crippen LogP contribution in [0.25, 0.3) is 10.6 Å². The molecular weight excluding hydrogens is 458 g/mol. The average molecular weight is 492 g/mol. The van der Waals surface area contributed by atoms with Gasteiger partial charge in [0.25, 0.3) is 0 Å². The molecule has 5 rings (SSSR count). The lowest BCUT2D eigenvalue weighted by molar-refractivity contribution is 0.1000. The zero-order chi connectivity index (χ0) is 24.2. The van der Waals surface area contributed by atoms with Gasteiger partial charge >= 0.3 is 0 Å². The van der Waals surface area contributed by atoms with Crippen molar-refractivity contribution in [2.45, 2.75) is 44.2 Å². The molecule has 1 atom stereocenters. The zero-order valence-electron chi connectivity index (χ0n) is 20.2. The van der Waals surface area contributed by atoms with Crippen molar-refractivity contribution in [3.05, 3.63) is 64.7 Å². The molecular formula is C27H33N5O2S. The van der Waals surface area contributed by atoms with Crippen molar-refractivity contribution in [2.75, 3.05) is 38.2 Å². The minimum atomic E-state index is -0.446. The monoisotopic (exact) mass is 491 g/mol. The molecule has 1 unspecified atom stereocenters. The first-order valence-electron chi connectivity index (χ1n) is 12.5. The molecule has 1 aliphatic heterocycles. The normalized spacial score (nSPS) is 18.5. The quantitative estimate of drug-likeness (QED) is 0.524. The van der Waals surface area contributed by atoms with Gasteiger partial charge in [0.15, 0.2) is 5.01 Å². The van der Waals surface area contributed by atoms with Crippen LogP contribution in [0.5, 0.6) is 0 Å². The number of rotatable bonds is 7. The summed E-state index contributed by atoms with van der Waals surface area (Å²) in [5, 5.41) is 10.5. The third kappa shape index (κ3) is 5.39. The van der Waals surface area contributed by atoms with Crippen LogP contribution in [0.1, 0.15) is 59.1 Å². The van der Waals surface area contributed by atoms with Crippen LogP contribution >= 0.6 is 11.3 Å². The molecule has 2 aliphatic rings. The van der Waals surface area contributed by atoms with E-state index in [4.69, 9.17) is 10.5 Å². The van der Waals surface area contributed by atoms with Gasteiger partial charge in [0.2, 0.25) is 5.91 Å². The Kier molecular flexibility index (Phi) is 7.41. The van der Waals surface area contributed by atoms with Gasteiger partial charge in [-0.25, -0.2) is 0 Å². The number of anilines is 1. The van der Waals surface area contributed by atoms with Crippen LogP contribution in [0, 0.1) is 0 Å². The SMILES string of the molecule is COC(c1ccc(C(N)=O)cc1)c1nnc(-c2ccc(N3CCN(C4CCCCC4)CC3)cc2)s1. The van der Waals surface area contributed by atoms with Gasteiger partial charge in [-0.3, -0.25) is 9.69 Å². The summed E-state index contributed by atoms with van der Waals surface area (Å²) in [4.78, 5) is 16.6. The molecule has 0 radical (unpaired) electrons. The number of hydrogen-bond acceptors (Lipinski definition) is 7. The Morgan fingerprint density at radius 3 is 2.29 bits per heavy atom. The maximum Gasteiger partial charge on any atom is 0.248 e. The molecule has 0 spiro atoms. The van der Waals surface area contributed by atoms with Gasteiger partial charge in [0.05, 0.1) is 0 Å². The third-order valence-corrected chi connectivity index (χ3v) is 8.30. The molecule has 3 aromatic rings. The topological polar surface area (TPSA) is 84.6 Å². The highest BCUT2D eigenvalue weighted by Gasteiger charge is 2.25. The van der Waals surface area contributed by atoms with E-state index in [1.807, 2.05) is 12.1 Å². The van der Waals surface area contributed by atoms with E-state index in [9.17, 15) is 4.79 Å². The van der Waals surface area contributed by atoms with Crippen LogP contribution in [0.4, 0.5) is 5.69 Å². The Morgan fingerprint density at radius 2 is 1.66 bits per heavy atom. The van der Waals surface area contributed by atoms with Crippen LogP contribution < -0.4 is 10.6 Å². The largest absolute Gasteiger partial charge is 0.369 e. The van der Waals surface area contributed by atoms with Crippen molar-refractivity contribution in [1.29, 1.82) is 0 Å². The summed E-state index contributed by atoms with van der Waals surface area (Å²) in [5.74, 6) is -0.446. The molecule has 2 N–H and O–H groups in total. The summed E-state index contributed by atoms with van der Waals surface area (Å²) in [6.07, 6.45) is 6.61. The minimum Gasteiger partial charge on any atom is -0.369 e. The second kappa shape index (κ2) is 10.8. The lowest BCUT2D eigenvalue weighted by atomic mass is 9.94. The fourth-order valence-corrected chi connectivity index (χ4v) is 6.22. The number of primary amides is 1. The van der Waals surface area contributed by atoms with Crippen molar-refractivity contribution in [3.8, 4) is 10.6 Å². The fourth-order valence-electron chi connectivity index (χ4n) is 5.27. The number of nitrogens with zero attached hydrogens (tertiary/aromatic N) is 4. The molecule has 184 valence electrons. The van der Waals surface area contributed by atoms with Crippen LogP contribution in [0.3, 0.4) is 0 Å². The maximum atomic E-state index is 11.4. The predicted molar refractivity (Wildman–Crippen MR) is 140 cm³/mol. The van der Waals surface area contributed by atoms with E-state index >= 15 is 0 Å². The predicted octanol–water partition coefficient (Wildman–Crippen LogP) is 4.49. The fraction of sp³-hybridized carbons (Fsp3) is 0.444. The smallest absolute Gasteiger partial charge is 0.248 e. The van der Waals surface area contributed by atoms with E-state index in [-0.39, 0.29) is 6.10 Å². The standard InChI is InChI=1S/C27H33N5O2S/c1-34-24(19-7-9-20(10-8-19)25(28)33)27-30-29-26(35-27)21-11-13-23(14-12-21)32-17-15-31(16-18-32)22-5-3-2-4-6-22/h7-14,22,24H,2-6,15-18H2,1H3,(H2,28,33). The van der Waals surface area contributed by atoms with Crippen molar-refractivity contribution in [1.82, 2.24) is 15.1 Å². The summed E-state index contributed by atoms with van der Waals surface area (Å²) in [6.45, 7) is 4.49. The highest BCUT2D eigenvalue weighted by molar-refractivity contribution is 7.14. The van der Waals surface area contributed by atoms with Crippen molar-refractivity contribution < 1.29 is 9.53 Å². The van der Waals surface area contributed by atoms with Crippen LogP contribution in [0.2, 0.25) is 0 Å². The molecule has 2 heterocycles. The highest BCUT2D eigenvalue weighted by Crippen LogP contribution is 2.33. The molecule has 35 heavy (non-hydrogen) atoms. The van der Waals surface area contributed by atoms with Gasteiger partial charge in [0, 0.05) is 56.1 Å². The molecule has 2 aromatic carbocycles. The Labute approximate surface area is 210 Å². The molecule has 2 fully saturated rings. The number of nitrogens with two attached hydrogens (primary N) is 1. The number of methoxy groups -OCH3 is 1. The number of ether oxygens (including phenoxy) is 1. The number of piperazine rings is 1. The number of carbonyl (C=O) groups excluding carboxylic acids is 1. The average Bonchev–Trinajstić information content (AvgIpc) is 3.40. The molecule has 1 aromatic heterocycles. The van der Waals surface area contributed by atoms with E-state index in [0.717, 1.165) is 53.4 Å². The molecule has 0 bridgehead atoms. The molecule has 1 saturated carbocycles. The molecule has 1 saturated heterocycles. The Balaban J connectivity index is 1.23. The van der Waals surface area contributed by atoms with Gasteiger partial charge in [-0.15, -0.1) is 10.2 Å². The Bertz CT molecular complexity index is 1120. The number of aromatic nitrogens is 2. The number of benzene rings is 2. The molecule has 8 heteroatoms. The Morgan fingerprint density at radius 1 is 0.971 bits per heavy atom. The first kappa shape index (κ1) is 23.9. The van der Waals surface area contributed by atoms with Crippen molar-refractivity contribution >= 4 is 22.9 Å². The van der Waals surface area contributed by atoms with Gasteiger partial charge < -0.3 is 15.4 Å². The summed E-state index contributed by atoms with van der Waals surface area (Å²) < 4.78 is 5.70. The summed E-state index contributed by atoms with van der Waals surface area (Å²) in [5.41, 5.74) is 9.05. The summed E-state index contributed by atoms with van der Waals surface area (Å²) in [7, 11) is 1.65. The van der Waals surface area contributed by atoms with E-state index in [1.165, 1.54) is 49.1 Å². The highest BCUT2D eigenvalue weighted by atomic mass is 32.1. The minimum absolute atomic E-state index is 0.345. The first-order valence-corrected chi connectivity index (χ1v) is 13.3. The van der Waals surface area contributed by atoms with Crippen LogP contribution in [-0.2, 0) is 4.74 Å². The van der Waals surface area contributed by atoms with Crippen molar-refractivity contribution in [2.24, 2.45) is 5.73 Å². The van der Waals surface area contributed by atoms with Crippen LogP contribution in [0.15, 0.2) is 48.5 Å². The third-order valence-electron chi connectivity index (χ3n) is 7.28. The van der Waals surface area contributed by atoms with Crippen LogP contribution in [-0.4, -0.2) is 60.3 Å².